The lowest BCUT2D eigenvalue weighted by molar-refractivity contribution is 0.172. The molecule has 2 saturated heterocycles. The van der Waals surface area contributed by atoms with E-state index in [0.29, 0.717) is 5.41 Å². The van der Waals surface area contributed by atoms with Crippen molar-refractivity contribution in [1.82, 2.24) is 15.3 Å². The number of nitrogens with one attached hydrogen (secondary N) is 1. The van der Waals surface area contributed by atoms with Gasteiger partial charge in [0, 0.05) is 36.6 Å². The first kappa shape index (κ1) is 13.0. The third kappa shape index (κ3) is 2.48. The van der Waals surface area contributed by atoms with Crippen molar-refractivity contribution in [2.24, 2.45) is 5.41 Å². The normalized spacial score (nSPS) is 26.4. The van der Waals surface area contributed by atoms with Gasteiger partial charge in [0.25, 0.3) is 0 Å². The van der Waals surface area contributed by atoms with Crippen molar-refractivity contribution in [2.45, 2.75) is 25.7 Å². The molecule has 0 radical (unpaired) electrons. The molecule has 1 N–H and O–H groups in total. The average molecular weight is 282 g/mol. The minimum atomic E-state index is 0.436. The number of para-hydroxylation sites is 1. The zero-order valence-electron chi connectivity index (χ0n) is 12.4. The number of hydrogen-bond donors (Lipinski definition) is 1. The highest BCUT2D eigenvalue weighted by Gasteiger charge is 2.37. The van der Waals surface area contributed by atoms with E-state index in [4.69, 9.17) is 4.98 Å². The molecule has 0 saturated carbocycles. The summed E-state index contributed by atoms with van der Waals surface area (Å²) >= 11 is 0. The fraction of sp³-hybridized carbons (Fsp3) is 0.529. The average Bonchev–Trinajstić information content (AvgIpc) is 2.55. The SMILES string of the molecule is c1ccc2nc(N3CCCC4(CCCNC4)C3)ncc2c1. The largest absolute Gasteiger partial charge is 0.340 e. The number of nitrogens with zero attached hydrogens (tertiary/aromatic N) is 3. The lowest BCUT2D eigenvalue weighted by Gasteiger charge is -2.45. The topological polar surface area (TPSA) is 41.1 Å². The van der Waals surface area contributed by atoms with E-state index >= 15 is 0 Å². The smallest absolute Gasteiger partial charge is 0.225 e. The number of anilines is 1. The molecule has 1 spiro atoms. The number of rotatable bonds is 1. The summed E-state index contributed by atoms with van der Waals surface area (Å²) in [4.78, 5) is 11.8. The first-order chi connectivity index (χ1) is 10.3. The molecular formula is C17H22N4. The number of hydrogen-bond acceptors (Lipinski definition) is 4. The zero-order valence-corrected chi connectivity index (χ0v) is 12.4. The second kappa shape index (κ2) is 5.26. The molecule has 4 heteroatoms. The molecule has 1 unspecified atom stereocenters. The molecule has 1 atom stereocenters. The van der Waals surface area contributed by atoms with Crippen molar-refractivity contribution in [2.75, 3.05) is 31.1 Å². The van der Waals surface area contributed by atoms with E-state index < -0.39 is 0 Å². The Bertz CT molecular complexity index is 628. The minimum Gasteiger partial charge on any atom is -0.340 e. The molecule has 2 aliphatic heterocycles. The van der Waals surface area contributed by atoms with Gasteiger partial charge in [-0.1, -0.05) is 18.2 Å². The molecule has 2 aliphatic rings. The van der Waals surface area contributed by atoms with Crippen molar-refractivity contribution >= 4 is 16.9 Å². The van der Waals surface area contributed by atoms with Crippen LogP contribution in [0.4, 0.5) is 5.95 Å². The third-order valence-electron chi connectivity index (χ3n) is 4.98. The van der Waals surface area contributed by atoms with Crippen molar-refractivity contribution in [3.8, 4) is 0 Å². The highest BCUT2D eigenvalue weighted by molar-refractivity contribution is 5.78. The number of aromatic nitrogens is 2. The van der Waals surface area contributed by atoms with Crippen LogP contribution >= 0.6 is 0 Å². The van der Waals surface area contributed by atoms with Crippen LogP contribution < -0.4 is 10.2 Å². The van der Waals surface area contributed by atoms with E-state index in [1.807, 2.05) is 18.3 Å². The second-order valence-electron chi connectivity index (χ2n) is 6.53. The van der Waals surface area contributed by atoms with Crippen LogP contribution in [0, 0.1) is 5.41 Å². The minimum absolute atomic E-state index is 0.436. The fourth-order valence-electron chi connectivity index (χ4n) is 3.87. The van der Waals surface area contributed by atoms with Crippen LogP contribution in [0.25, 0.3) is 10.9 Å². The van der Waals surface area contributed by atoms with E-state index in [1.54, 1.807) is 0 Å². The van der Waals surface area contributed by atoms with Gasteiger partial charge in [-0.2, -0.15) is 0 Å². The summed E-state index contributed by atoms with van der Waals surface area (Å²) in [6.07, 6.45) is 7.18. The molecule has 3 heterocycles. The van der Waals surface area contributed by atoms with Gasteiger partial charge in [-0.25, -0.2) is 9.97 Å². The van der Waals surface area contributed by atoms with Gasteiger partial charge in [0.05, 0.1) is 5.52 Å². The van der Waals surface area contributed by atoms with Gasteiger partial charge < -0.3 is 10.2 Å². The molecule has 2 aromatic rings. The maximum Gasteiger partial charge on any atom is 0.225 e. The molecule has 110 valence electrons. The van der Waals surface area contributed by atoms with Crippen LogP contribution in [-0.2, 0) is 0 Å². The Morgan fingerprint density at radius 3 is 2.95 bits per heavy atom. The van der Waals surface area contributed by atoms with Crippen molar-refractivity contribution in [3.05, 3.63) is 30.5 Å². The summed E-state index contributed by atoms with van der Waals surface area (Å²) in [5, 5.41) is 4.70. The predicted molar refractivity (Wildman–Crippen MR) is 85.5 cm³/mol. The van der Waals surface area contributed by atoms with E-state index in [0.717, 1.165) is 36.5 Å². The Kier molecular flexibility index (Phi) is 3.26. The number of benzene rings is 1. The Hall–Kier alpha value is -1.68. The van der Waals surface area contributed by atoms with Crippen LogP contribution in [0.3, 0.4) is 0 Å². The molecule has 1 aromatic heterocycles. The lowest BCUT2D eigenvalue weighted by atomic mass is 9.74. The van der Waals surface area contributed by atoms with Gasteiger partial charge in [-0.05, 0) is 38.3 Å². The quantitative estimate of drug-likeness (QED) is 0.873. The van der Waals surface area contributed by atoms with Gasteiger partial charge in [0.2, 0.25) is 5.95 Å². The molecule has 4 rings (SSSR count). The second-order valence-corrected chi connectivity index (χ2v) is 6.53. The molecular weight excluding hydrogens is 260 g/mol. The van der Waals surface area contributed by atoms with E-state index in [-0.39, 0.29) is 0 Å². The summed E-state index contributed by atoms with van der Waals surface area (Å²) in [7, 11) is 0. The maximum absolute atomic E-state index is 4.77. The van der Waals surface area contributed by atoms with Gasteiger partial charge >= 0.3 is 0 Å². The fourth-order valence-corrected chi connectivity index (χ4v) is 3.87. The molecule has 1 aromatic carbocycles. The molecule has 0 amide bonds. The number of piperidine rings is 2. The van der Waals surface area contributed by atoms with Gasteiger partial charge in [-0.15, -0.1) is 0 Å². The number of fused-ring (bicyclic) bond motifs is 1. The third-order valence-corrected chi connectivity index (χ3v) is 4.98. The zero-order chi connectivity index (χ0) is 14.1. The lowest BCUT2D eigenvalue weighted by Crippen LogP contribution is -2.51. The Morgan fingerprint density at radius 1 is 1.14 bits per heavy atom. The highest BCUT2D eigenvalue weighted by atomic mass is 15.3. The predicted octanol–water partition coefficient (Wildman–Crippen LogP) is 2.60. The summed E-state index contributed by atoms with van der Waals surface area (Å²) in [6.45, 7) is 4.50. The molecule has 2 fully saturated rings. The summed E-state index contributed by atoms with van der Waals surface area (Å²) < 4.78 is 0. The standard InChI is InChI=1S/C17H22N4/c1-2-6-15-14(5-1)11-19-16(20-15)21-10-4-8-17(13-21)7-3-9-18-12-17/h1-2,5-6,11,18H,3-4,7-10,12-13H2. The Labute approximate surface area is 125 Å². The van der Waals surface area contributed by atoms with Gasteiger partial charge in [0.15, 0.2) is 0 Å². The van der Waals surface area contributed by atoms with Crippen LogP contribution in [0.15, 0.2) is 30.5 Å². The summed E-state index contributed by atoms with van der Waals surface area (Å²) in [5.74, 6) is 0.901. The van der Waals surface area contributed by atoms with Crippen LogP contribution in [0.2, 0.25) is 0 Å². The molecule has 0 bridgehead atoms. The van der Waals surface area contributed by atoms with Crippen molar-refractivity contribution < 1.29 is 0 Å². The summed E-state index contributed by atoms with van der Waals surface area (Å²) in [6, 6.07) is 8.22. The van der Waals surface area contributed by atoms with Crippen LogP contribution in [0.5, 0.6) is 0 Å². The molecule has 21 heavy (non-hydrogen) atoms. The van der Waals surface area contributed by atoms with Gasteiger partial charge in [0.1, 0.15) is 0 Å². The Balaban J connectivity index is 1.61. The first-order valence-corrected chi connectivity index (χ1v) is 8.02. The monoisotopic (exact) mass is 282 g/mol. The van der Waals surface area contributed by atoms with E-state index in [2.05, 4.69) is 27.3 Å². The van der Waals surface area contributed by atoms with Gasteiger partial charge in [-0.3, -0.25) is 0 Å². The molecule has 4 nitrogen and oxygen atoms in total. The van der Waals surface area contributed by atoms with E-state index in [1.165, 1.54) is 32.2 Å². The van der Waals surface area contributed by atoms with Crippen LogP contribution in [0.1, 0.15) is 25.7 Å². The first-order valence-electron chi connectivity index (χ1n) is 8.02. The maximum atomic E-state index is 4.77. The summed E-state index contributed by atoms with van der Waals surface area (Å²) in [5.41, 5.74) is 1.48. The van der Waals surface area contributed by atoms with Crippen molar-refractivity contribution in [1.29, 1.82) is 0 Å². The Morgan fingerprint density at radius 2 is 2.05 bits per heavy atom. The highest BCUT2D eigenvalue weighted by Crippen LogP contribution is 2.36. The van der Waals surface area contributed by atoms with Crippen LogP contribution in [-0.4, -0.2) is 36.1 Å². The van der Waals surface area contributed by atoms with Crippen molar-refractivity contribution in [3.63, 3.8) is 0 Å². The van der Waals surface area contributed by atoms with E-state index in [9.17, 15) is 0 Å². The molecule has 0 aliphatic carbocycles.